The van der Waals surface area contributed by atoms with Crippen molar-refractivity contribution in [2.24, 2.45) is 5.73 Å². The molecule has 0 radical (unpaired) electrons. The van der Waals surface area contributed by atoms with Gasteiger partial charge in [0.05, 0.1) is 5.69 Å². The van der Waals surface area contributed by atoms with Gasteiger partial charge in [0.15, 0.2) is 11.6 Å². The molecule has 0 saturated carbocycles. The van der Waals surface area contributed by atoms with Gasteiger partial charge in [0.25, 0.3) is 0 Å². The summed E-state index contributed by atoms with van der Waals surface area (Å²) in [4.78, 5) is 0.0398. The third kappa shape index (κ3) is 3.02. The summed E-state index contributed by atoms with van der Waals surface area (Å²) in [5.74, 6) is -3.37. The molecule has 0 aromatic heterocycles. The lowest BCUT2D eigenvalue weighted by Gasteiger charge is -2.12. The van der Waals surface area contributed by atoms with Crippen LogP contribution >= 0.6 is 23.8 Å². The number of anilines is 2. The number of hydrogen-bond acceptors (Lipinski definition) is 2. The maximum absolute atomic E-state index is 13.6. The lowest BCUT2D eigenvalue weighted by Crippen LogP contribution is -2.12. The molecule has 104 valence electrons. The molecule has 2 rings (SSSR count). The highest BCUT2D eigenvalue weighted by atomic mass is 35.5. The Balaban J connectivity index is 2.45. The van der Waals surface area contributed by atoms with Gasteiger partial charge in [-0.1, -0.05) is 23.8 Å². The van der Waals surface area contributed by atoms with Crippen molar-refractivity contribution in [3.05, 3.63) is 58.4 Å². The molecule has 0 aliphatic rings. The van der Waals surface area contributed by atoms with Gasteiger partial charge in [-0.05, 0) is 18.2 Å². The molecule has 0 aliphatic carbocycles. The van der Waals surface area contributed by atoms with Gasteiger partial charge in [0.2, 0.25) is 0 Å². The van der Waals surface area contributed by atoms with Crippen LogP contribution in [0.4, 0.5) is 24.5 Å². The molecule has 0 fully saturated rings. The minimum absolute atomic E-state index is 0.0398. The number of nitrogens with two attached hydrogens (primary N) is 1. The van der Waals surface area contributed by atoms with Crippen molar-refractivity contribution in [3.8, 4) is 0 Å². The summed E-state index contributed by atoms with van der Waals surface area (Å²) in [5.41, 5.74) is 6.01. The monoisotopic (exact) mass is 316 g/mol. The van der Waals surface area contributed by atoms with Crippen LogP contribution < -0.4 is 11.1 Å². The fourth-order valence-electron chi connectivity index (χ4n) is 1.59. The normalized spacial score (nSPS) is 10.4. The number of halogens is 4. The Kier molecular flexibility index (Phi) is 4.15. The molecule has 0 bridgehead atoms. The second-order valence-corrected chi connectivity index (χ2v) is 4.80. The first-order valence-corrected chi connectivity index (χ1v) is 6.18. The number of nitrogens with one attached hydrogen (secondary N) is 1. The Morgan fingerprint density at radius 3 is 2.30 bits per heavy atom. The topological polar surface area (TPSA) is 38.0 Å². The van der Waals surface area contributed by atoms with Gasteiger partial charge < -0.3 is 11.1 Å². The van der Waals surface area contributed by atoms with E-state index in [9.17, 15) is 13.2 Å². The third-order valence-electron chi connectivity index (χ3n) is 2.53. The number of rotatable bonds is 3. The fourth-order valence-corrected chi connectivity index (χ4v) is 1.93. The first-order valence-electron chi connectivity index (χ1n) is 5.39. The maximum Gasteiger partial charge on any atom is 0.161 e. The number of hydrogen-bond donors (Lipinski definition) is 2. The van der Waals surface area contributed by atoms with Gasteiger partial charge in [-0.15, -0.1) is 0 Å². The van der Waals surface area contributed by atoms with E-state index in [2.05, 4.69) is 5.32 Å². The fraction of sp³-hybridized carbons (Fsp3) is 0. The Bertz CT molecular complexity index is 692. The SMILES string of the molecule is NC(=S)c1cc(Cl)ccc1Nc1cc(F)c(F)cc1F. The summed E-state index contributed by atoms with van der Waals surface area (Å²) in [5, 5.41) is 3.00. The molecular formula is C13H8ClF3N2S. The lowest BCUT2D eigenvalue weighted by atomic mass is 10.1. The second kappa shape index (κ2) is 5.68. The van der Waals surface area contributed by atoms with E-state index in [1.807, 2.05) is 0 Å². The zero-order valence-electron chi connectivity index (χ0n) is 9.88. The van der Waals surface area contributed by atoms with Crippen LogP contribution in [0.2, 0.25) is 5.02 Å². The first-order chi connectivity index (χ1) is 9.38. The quantitative estimate of drug-likeness (QED) is 0.660. The molecule has 0 spiro atoms. The standard InChI is InChI=1S/C13H8ClF3N2S/c14-6-1-2-11(7(3-6)13(18)20)19-12-5-9(16)8(15)4-10(12)17/h1-5,19H,(H2,18,20). The van der Waals surface area contributed by atoms with Crippen LogP contribution in [0.15, 0.2) is 30.3 Å². The van der Waals surface area contributed by atoms with Crippen LogP contribution in [0.1, 0.15) is 5.56 Å². The molecular weight excluding hydrogens is 309 g/mol. The predicted octanol–water partition coefficient (Wildman–Crippen LogP) is 4.14. The average molecular weight is 317 g/mol. The van der Waals surface area contributed by atoms with Crippen LogP contribution in [0.25, 0.3) is 0 Å². The highest BCUT2D eigenvalue weighted by Crippen LogP contribution is 2.27. The molecule has 20 heavy (non-hydrogen) atoms. The molecule has 0 amide bonds. The summed E-state index contributed by atoms with van der Waals surface area (Å²) in [6.45, 7) is 0. The van der Waals surface area contributed by atoms with Crippen LogP contribution in [0.3, 0.4) is 0 Å². The molecule has 0 atom stereocenters. The molecule has 2 aromatic carbocycles. The average Bonchev–Trinajstić information content (AvgIpc) is 2.37. The van der Waals surface area contributed by atoms with E-state index >= 15 is 0 Å². The molecule has 0 aliphatic heterocycles. The summed E-state index contributed by atoms with van der Waals surface area (Å²) in [6.07, 6.45) is 0. The molecule has 0 saturated heterocycles. The molecule has 2 aromatic rings. The summed E-state index contributed by atoms with van der Waals surface area (Å²) < 4.78 is 39.6. The summed E-state index contributed by atoms with van der Waals surface area (Å²) in [6, 6.07) is 5.70. The van der Waals surface area contributed by atoms with E-state index in [4.69, 9.17) is 29.6 Å². The molecule has 7 heteroatoms. The molecule has 0 heterocycles. The first kappa shape index (κ1) is 14.6. The Hall–Kier alpha value is -1.79. The van der Waals surface area contributed by atoms with E-state index in [-0.39, 0.29) is 10.7 Å². The highest BCUT2D eigenvalue weighted by molar-refractivity contribution is 7.80. The second-order valence-electron chi connectivity index (χ2n) is 3.93. The minimum atomic E-state index is -1.27. The largest absolute Gasteiger partial charge is 0.389 e. The van der Waals surface area contributed by atoms with Crippen molar-refractivity contribution in [1.82, 2.24) is 0 Å². The van der Waals surface area contributed by atoms with E-state index in [0.717, 1.165) is 0 Å². The van der Waals surface area contributed by atoms with Crippen LogP contribution in [-0.2, 0) is 0 Å². The van der Waals surface area contributed by atoms with Crippen molar-refractivity contribution in [3.63, 3.8) is 0 Å². The smallest absolute Gasteiger partial charge is 0.161 e. The highest BCUT2D eigenvalue weighted by Gasteiger charge is 2.12. The van der Waals surface area contributed by atoms with E-state index in [1.54, 1.807) is 0 Å². The van der Waals surface area contributed by atoms with Crippen molar-refractivity contribution in [1.29, 1.82) is 0 Å². The minimum Gasteiger partial charge on any atom is -0.389 e. The Labute approximate surface area is 123 Å². The predicted molar refractivity (Wildman–Crippen MR) is 76.9 cm³/mol. The van der Waals surface area contributed by atoms with Crippen molar-refractivity contribution >= 4 is 40.2 Å². The summed E-state index contributed by atoms with van der Waals surface area (Å²) in [7, 11) is 0. The zero-order chi connectivity index (χ0) is 14.9. The van der Waals surface area contributed by atoms with Crippen molar-refractivity contribution in [2.75, 3.05) is 5.32 Å². The van der Waals surface area contributed by atoms with E-state index in [1.165, 1.54) is 18.2 Å². The van der Waals surface area contributed by atoms with Gasteiger partial charge >= 0.3 is 0 Å². The van der Waals surface area contributed by atoms with Gasteiger partial charge in [0, 0.05) is 28.4 Å². The Morgan fingerprint density at radius 1 is 1.00 bits per heavy atom. The van der Waals surface area contributed by atoms with Crippen LogP contribution in [-0.4, -0.2) is 4.99 Å². The number of thiocarbonyl (C=S) groups is 1. The molecule has 2 nitrogen and oxygen atoms in total. The van der Waals surface area contributed by atoms with Crippen molar-refractivity contribution in [2.45, 2.75) is 0 Å². The van der Waals surface area contributed by atoms with Gasteiger partial charge in [-0.25, -0.2) is 13.2 Å². The third-order valence-corrected chi connectivity index (χ3v) is 2.98. The van der Waals surface area contributed by atoms with E-state index < -0.39 is 17.5 Å². The lowest BCUT2D eigenvalue weighted by molar-refractivity contribution is 0.496. The Morgan fingerprint density at radius 2 is 1.65 bits per heavy atom. The van der Waals surface area contributed by atoms with Crippen LogP contribution in [0, 0.1) is 17.5 Å². The van der Waals surface area contributed by atoms with Gasteiger partial charge in [-0.2, -0.15) is 0 Å². The van der Waals surface area contributed by atoms with Gasteiger partial charge in [0.1, 0.15) is 10.8 Å². The van der Waals surface area contributed by atoms with E-state index in [0.29, 0.717) is 28.4 Å². The zero-order valence-corrected chi connectivity index (χ0v) is 11.5. The number of benzene rings is 2. The maximum atomic E-state index is 13.6. The summed E-state index contributed by atoms with van der Waals surface area (Å²) >= 11 is 10.7. The molecule has 0 unspecified atom stereocenters. The van der Waals surface area contributed by atoms with Crippen LogP contribution in [0.5, 0.6) is 0 Å². The van der Waals surface area contributed by atoms with Crippen molar-refractivity contribution < 1.29 is 13.2 Å². The molecule has 3 N–H and O–H groups in total. The van der Waals surface area contributed by atoms with Gasteiger partial charge in [-0.3, -0.25) is 0 Å².